The largest absolute Gasteiger partial charge is 0.391 e. The smallest absolute Gasteiger partial charge is 0.225 e. The van der Waals surface area contributed by atoms with E-state index in [2.05, 4.69) is 34.6 Å². The highest BCUT2D eigenvalue weighted by Gasteiger charge is 2.23. The van der Waals surface area contributed by atoms with E-state index in [9.17, 15) is 14.7 Å². The van der Waals surface area contributed by atoms with Crippen molar-refractivity contribution in [1.29, 1.82) is 0 Å². The van der Waals surface area contributed by atoms with Gasteiger partial charge in [0, 0.05) is 44.4 Å². The third kappa shape index (κ3) is 9.57. The van der Waals surface area contributed by atoms with Crippen molar-refractivity contribution in [3.63, 3.8) is 0 Å². The predicted molar refractivity (Wildman–Crippen MR) is 149 cm³/mol. The number of benzene rings is 1. The lowest BCUT2D eigenvalue weighted by atomic mass is 9.94. The van der Waals surface area contributed by atoms with E-state index in [0.717, 1.165) is 25.0 Å². The first-order valence-corrected chi connectivity index (χ1v) is 13.0. The minimum Gasteiger partial charge on any atom is -0.391 e. The van der Waals surface area contributed by atoms with Gasteiger partial charge >= 0.3 is 0 Å². The first kappa shape index (κ1) is 29.2. The normalized spacial score (nSPS) is 16.4. The molecule has 6 heteroatoms. The molecule has 3 unspecified atom stereocenters. The number of aliphatic hydroxyl groups excluding tert-OH is 1. The number of aliphatic imine (C=N–C) groups is 1. The molecule has 1 heterocycles. The Kier molecular flexibility index (Phi) is 12.3. The second kappa shape index (κ2) is 15.2. The fourth-order valence-electron chi connectivity index (χ4n) is 4.21. The van der Waals surface area contributed by atoms with E-state index in [-0.39, 0.29) is 36.6 Å². The Morgan fingerprint density at radius 3 is 2.58 bits per heavy atom. The summed E-state index contributed by atoms with van der Waals surface area (Å²) in [7, 11) is 1.70. The lowest BCUT2D eigenvalue weighted by molar-refractivity contribution is -0.136. The van der Waals surface area contributed by atoms with Gasteiger partial charge in [0.25, 0.3) is 0 Å². The topological polar surface area (TPSA) is 82.0 Å². The molecular formula is C30H43N3O3. The van der Waals surface area contributed by atoms with E-state index in [1.807, 2.05) is 58.2 Å². The Labute approximate surface area is 216 Å². The molecule has 1 aromatic rings. The molecule has 0 bridgehead atoms. The van der Waals surface area contributed by atoms with Crippen LogP contribution in [-0.2, 0) is 16.0 Å². The maximum atomic E-state index is 12.7. The molecule has 0 radical (unpaired) electrons. The average molecular weight is 494 g/mol. The molecule has 0 aromatic heterocycles. The Balaban J connectivity index is 1.69. The number of amides is 2. The fraction of sp³-hybridized carbons (Fsp3) is 0.500. The molecule has 1 aromatic carbocycles. The van der Waals surface area contributed by atoms with Crippen LogP contribution in [0, 0.1) is 11.8 Å². The zero-order valence-electron chi connectivity index (χ0n) is 22.5. The van der Waals surface area contributed by atoms with Crippen LogP contribution in [0.1, 0.15) is 64.5 Å². The van der Waals surface area contributed by atoms with Crippen molar-refractivity contribution >= 4 is 23.6 Å². The highest BCUT2D eigenvalue weighted by atomic mass is 16.3. The van der Waals surface area contributed by atoms with Crippen LogP contribution < -0.4 is 5.32 Å². The van der Waals surface area contributed by atoms with E-state index < -0.39 is 6.10 Å². The van der Waals surface area contributed by atoms with Crippen molar-refractivity contribution < 1.29 is 14.7 Å². The summed E-state index contributed by atoms with van der Waals surface area (Å²) >= 11 is 0. The van der Waals surface area contributed by atoms with Gasteiger partial charge in [-0.25, -0.2) is 0 Å². The summed E-state index contributed by atoms with van der Waals surface area (Å²) in [6.45, 7) is 8.68. The van der Waals surface area contributed by atoms with E-state index in [1.165, 1.54) is 16.7 Å². The van der Waals surface area contributed by atoms with Crippen molar-refractivity contribution in [2.24, 2.45) is 16.8 Å². The van der Waals surface area contributed by atoms with E-state index >= 15 is 0 Å². The number of hydrogen-bond acceptors (Lipinski definition) is 4. The van der Waals surface area contributed by atoms with Gasteiger partial charge in [-0.3, -0.25) is 14.6 Å². The molecule has 1 aliphatic heterocycles. The summed E-state index contributed by atoms with van der Waals surface area (Å²) in [6.07, 6.45) is 12.4. The molecule has 6 nitrogen and oxygen atoms in total. The molecule has 2 amide bonds. The summed E-state index contributed by atoms with van der Waals surface area (Å²) in [5, 5.41) is 13.3. The van der Waals surface area contributed by atoms with Gasteiger partial charge in [-0.1, -0.05) is 62.4 Å². The molecule has 0 saturated carbocycles. The van der Waals surface area contributed by atoms with Crippen LogP contribution in [0.25, 0.3) is 5.57 Å². The monoisotopic (exact) mass is 493 g/mol. The van der Waals surface area contributed by atoms with E-state index in [1.54, 1.807) is 11.9 Å². The van der Waals surface area contributed by atoms with Crippen LogP contribution in [0.5, 0.6) is 0 Å². The number of hydrogen-bond donors (Lipinski definition) is 2. The molecule has 3 atom stereocenters. The Hall–Kier alpha value is -2.99. The van der Waals surface area contributed by atoms with Crippen molar-refractivity contribution in [2.75, 3.05) is 20.1 Å². The SMILES string of the molecule is C/C=C\C=C/C(C)C(C)C(=O)N(C)CC(O)CCC(=O)NCCc1ccc(C2=C(C)N=CCC2)cc1. The van der Waals surface area contributed by atoms with E-state index in [4.69, 9.17) is 0 Å². The number of nitrogens with zero attached hydrogens (tertiary/aromatic N) is 2. The first-order chi connectivity index (χ1) is 17.2. The molecule has 196 valence electrons. The molecule has 0 saturated heterocycles. The fourth-order valence-corrected chi connectivity index (χ4v) is 4.21. The zero-order valence-corrected chi connectivity index (χ0v) is 22.5. The molecule has 0 spiro atoms. The third-order valence-corrected chi connectivity index (χ3v) is 6.75. The summed E-state index contributed by atoms with van der Waals surface area (Å²) in [4.78, 5) is 30.9. The van der Waals surface area contributed by atoms with Crippen LogP contribution in [-0.4, -0.2) is 54.3 Å². The first-order valence-electron chi connectivity index (χ1n) is 13.0. The minimum absolute atomic E-state index is 0.00943. The number of nitrogens with one attached hydrogen (secondary N) is 1. The Morgan fingerprint density at radius 1 is 1.19 bits per heavy atom. The van der Waals surface area contributed by atoms with Gasteiger partial charge in [-0.2, -0.15) is 0 Å². The van der Waals surface area contributed by atoms with Crippen molar-refractivity contribution in [1.82, 2.24) is 10.2 Å². The van der Waals surface area contributed by atoms with E-state index in [0.29, 0.717) is 13.0 Å². The lowest BCUT2D eigenvalue weighted by Gasteiger charge is -2.26. The highest BCUT2D eigenvalue weighted by Crippen LogP contribution is 2.27. The Bertz CT molecular complexity index is 976. The van der Waals surface area contributed by atoms with Crippen LogP contribution in [0.15, 0.2) is 59.3 Å². The highest BCUT2D eigenvalue weighted by molar-refractivity contribution is 5.79. The summed E-state index contributed by atoms with van der Waals surface area (Å²) in [5.41, 5.74) is 4.76. The second-order valence-corrected chi connectivity index (χ2v) is 9.68. The van der Waals surface area contributed by atoms with Gasteiger partial charge in [0.15, 0.2) is 0 Å². The van der Waals surface area contributed by atoms with Crippen LogP contribution in [0.4, 0.5) is 0 Å². The second-order valence-electron chi connectivity index (χ2n) is 9.68. The summed E-state index contributed by atoms with van der Waals surface area (Å²) < 4.78 is 0. The van der Waals surface area contributed by atoms with Gasteiger partial charge < -0.3 is 15.3 Å². The quantitative estimate of drug-likeness (QED) is 0.382. The number of aliphatic hydroxyl groups is 1. The number of carbonyl (C=O) groups excluding carboxylic acids is 2. The lowest BCUT2D eigenvalue weighted by Crippen LogP contribution is -2.39. The zero-order chi connectivity index (χ0) is 26.5. The maximum absolute atomic E-state index is 12.7. The average Bonchev–Trinajstić information content (AvgIpc) is 2.87. The molecule has 2 N–H and O–H groups in total. The number of rotatable bonds is 13. The third-order valence-electron chi connectivity index (χ3n) is 6.75. The molecule has 36 heavy (non-hydrogen) atoms. The summed E-state index contributed by atoms with van der Waals surface area (Å²) in [6, 6.07) is 8.47. The molecular weight excluding hydrogens is 450 g/mol. The van der Waals surface area contributed by atoms with Gasteiger partial charge in [-0.05, 0) is 62.1 Å². The number of likely N-dealkylation sites (N-methyl/N-ethyl adjacent to an activating group) is 1. The molecule has 0 fully saturated rings. The van der Waals surface area contributed by atoms with Crippen molar-refractivity contribution in [2.45, 2.75) is 65.9 Å². The Morgan fingerprint density at radius 2 is 1.92 bits per heavy atom. The van der Waals surface area contributed by atoms with Crippen LogP contribution in [0.2, 0.25) is 0 Å². The van der Waals surface area contributed by atoms with Gasteiger partial charge in [-0.15, -0.1) is 0 Å². The van der Waals surface area contributed by atoms with Crippen LogP contribution in [0.3, 0.4) is 0 Å². The standard InChI is InChI=1S/C30H43N3O3/c1-6-7-8-10-22(2)23(3)30(36)33(5)21-27(34)16-17-29(35)32-20-18-25-12-14-26(15-13-25)28-11-9-19-31-24(28)4/h6-8,10,12-15,19,22-23,27,34H,9,11,16-18,20-21H2,1-5H3,(H,32,35)/b7-6-,10-8-. The van der Waals surface area contributed by atoms with Crippen molar-refractivity contribution in [3.8, 4) is 0 Å². The molecule has 0 aliphatic carbocycles. The van der Waals surface area contributed by atoms with Crippen molar-refractivity contribution in [3.05, 3.63) is 65.4 Å². The summed E-state index contributed by atoms with van der Waals surface area (Å²) in [5.74, 6) is -0.183. The molecule has 1 aliphatic rings. The number of carbonyl (C=O) groups is 2. The molecule has 2 rings (SSSR count). The maximum Gasteiger partial charge on any atom is 0.225 e. The minimum atomic E-state index is -0.736. The van der Waals surface area contributed by atoms with Gasteiger partial charge in [0.1, 0.15) is 0 Å². The predicted octanol–water partition coefficient (Wildman–Crippen LogP) is 4.94. The van der Waals surface area contributed by atoms with Gasteiger partial charge in [0.05, 0.1) is 6.10 Å². The number of allylic oxidation sites excluding steroid dienone is 6. The van der Waals surface area contributed by atoms with Crippen LogP contribution >= 0.6 is 0 Å². The van der Waals surface area contributed by atoms with Gasteiger partial charge in [0.2, 0.25) is 11.8 Å².